The van der Waals surface area contributed by atoms with Crippen LogP contribution in [0.25, 0.3) is 15.5 Å². The van der Waals surface area contributed by atoms with E-state index in [4.69, 9.17) is 4.74 Å². The first-order valence-corrected chi connectivity index (χ1v) is 11.8. The lowest BCUT2D eigenvalue weighted by atomic mass is 9.84. The van der Waals surface area contributed by atoms with Gasteiger partial charge in [0.25, 0.3) is 5.91 Å². The molecule has 0 spiro atoms. The van der Waals surface area contributed by atoms with Gasteiger partial charge in [0.2, 0.25) is 4.96 Å². The molecule has 32 heavy (non-hydrogen) atoms. The molecule has 0 unspecified atom stereocenters. The molecule has 1 fully saturated rings. The van der Waals surface area contributed by atoms with Gasteiger partial charge < -0.3 is 10.1 Å². The van der Waals surface area contributed by atoms with Crippen LogP contribution in [0.5, 0.6) is 5.75 Å². The number of anilines is 1. The van der Waals surface area contributed by atoms with Gasteiger partial charge in [-0.2, -0.15) is 9.61 Å². The topological polar surface area (TPSA) is 81.4 Å². The number of ether oxygens (including phenoxy) is 1. The fourth-order valence-electron chi connectivity index (χ4n) is 4.21. The van der Waals surface area contributed by atoms with E-state index in [0.717, 1.165) is 21.4 Å². The Hall–Kier alpha value is -3.26. The van der Waals surface area contributed by atoms with Crippen molar-refractivity contribution in [2.24, 2.45) is 0 Å². The summed E-state index contributed by atoms with van der Waals surface area (Å²) in [6.45, 7) is 1.80. The van der Waals surface area contributed by atoms with Crippen molar-refractivity contribution in [2.45, 2.75) is 44.9 Å². The molecule has 0 aliphatic heterocycles. The van der Waals surface area contributed by atoms with Crippen molar-refractivity contribution in [2.75, 3.05) is 11.9 Å². The van der Waals surface area contributed by atoms with Crippen LogP contribution in [-0.2, 0) is 4.79 Å². The van der Waals surface area contributed by atoms with Crippen LogP contribution in [0, 0.1) is 6.92 Å². The van der Waals surface area contributed by atoms with Crippen LogP contribution in [-0.4, -0.2) is 32.3 Å². The largest absolute Gasteiger partial charge is 0.484 e. The number of aryl methyl sites for hydroxylation is 1. The Balaban J connectivity index is 1.23. The molecule has 0 atom stereocenters. The Morgan fingerprint density at radius 1 is 1.09 bits per heavy atom. The third-order valence-corrected chi connectivity index (χ3v) is 6.84. The zero-order valence-electron chi connectivity index (χ0n) is 18.0. The molecular formula is C24H25N5O2S. The lowest BCUT2D eigenvalue weighted by molar-refractivity contribution is -0.118. The molecule has 1 aliphatic carbocycles. The van der Waals surface area contributed by atoms with E-state index >= 15 is 0 Å². The van der Waals surface area contributed by atoms with Crippen LogP contribution >= 0.6 is 11.3 Å². The monoisotopic (exact) mass is 447 g/mol. The molecule has 7 nitrogen and oxygen atoms in total. The van der Waals surface area contributed by atoms with Crippen molar-refractivity contribution in [3.8, 4) is 16.3 Å². The van der Waals surface area contributed by atoms with Crippen molar-refractivity contribution in [1.82, 2.24) is 19.8 Å². The van der Waals surface area contributed by atoms with Gasteiger partial charge in [0, 0.05) is 5.56 Å². The normalized spacial score (nSPS) is 14.5. The highest BCUT2D eigenvalue weighted by Gasteiger charge is 2.16. The van der Waals surface area contributed by atoms with Gasteiger partial charge in [-0.3, -0.25) is 4.79 Å². The van der Waals surface area contributed by atoms with Gasteiger partial charge in [-0.05, 0) is 55.5 Å². The maximum atomic E-state index is 12.6. The summed E-state index contributed by atoms with van der Waals surface area (Å²) in [5.41, 5.74) is 2.90. The number of para-hydroxylation sites is 1. The number of hydrogen-bond donors (Lipinski definition) is 1. The Kier molecular flexibility index (Phi) is 5.85. The van der Waals surface area contributed by atoms with Gasteiger partial charge in [-0.1, -0.05) is 54.9 Å². The Morgan fingerprint density at radius 2 is 1.88 bits per heavy atom. The molecule has 2 aromatic carbocycles. The van der Waals surface area contributed by atoms with Crippen LogP contribution in [0.3, 0.4) is 0 Å². The number of fused-ring (bicyclic) bond motifs is 1. The highest BCUT2D eigenvalue weighted by Crippen LogP contribution is 2.33. The fourth-order valence-corrected chi connectivity index (χ4v) is 5.13. The van der Waals surface area contributed by atoms with Gasteiger partial charge in [0.15, 0.2) is 12.4 Å². The van der Waals surface area contributed by atoms with E-state index in [-0.39, 0.29) is 12.5 Å². The highest BCUT2D eigenvalue weighted by atomic mass is 32.1. The Bertz CT molecular complexity index is 1220. The number of nitrogens with one attached hydrogen (secondary N) is 1. The smallest absolute Gasteiger partial charge is 0.262 e. The third kappa shape index (κ3) is 4.36. The molecule has 1 N–H and O–H groups in total. The van der Waals surface area contributed by atoms with E-state index in [1.54, 1.807) is 4.52 Å². The van der Waals surface area contributed by atoms with Crippen LogP contribution in [0.15, 0.2) is 48.5 Å². The van der Waals surface area contributed by atoms with E-state index in [9.17, 15) is 4.79 Å². The molecule has 1 saturated carbocycles. The SMILES string of the molecule is Cc1nnc2sc(-c3ccccc3NC(=O)COc3ccc(C4CCCCC4)cc3)nn12. The van der Waals surface area contributed by atoms with Crippen LogP contribution < -0.4 is 10.1 Å². The minimum absolute atomic E-state index is 0.0542. The van der Waals surface area contributed by atoms with Crippen molar-refractivity contribution < 1.29 is 9.53 Å². The first kappa shape index (κ1) is 20.6. The van der Waals surface area contributed by atoms with Gasteiger partial charge in [0.1, 0.15) is 10.8 Å². The second kappa shape index (κ2) is 9.08. The average Bonchev–Trinajstić information content (AvgIpc) is 3.41. The summed E-state index contributed by atoms with van der Waals surface area (Å²) in [5, 5.41) is 16.4. The number of rotatable bonds is 6. The lowest BCUT2D eigenvalue weighted by Crippen LogP contribution is -2.20. The highest BCUT2D eigenvalue weighted by molar-refractivity contribution is 7.19. The number of carbonyl (C=O) groups excluding carboxylic acids is 1. The van der Waals surface area contributed by atoms with E-state index in [1.165, 1.54) is 49.0 Å². The fraction of sp³-hybridized carbons (Fsp3) is 0.333. The first-order valence-electron chi connectivity index (χ1n) is 11.0. The van der Waals surface area contributed by atoms with E-state index in [2.05, 4.69) is 32.7 Å². The van der Waals surface area contributed by atoms with Crippen LogP contribution in [0.2, 0.25) is 0 Å². The van der Waals surface area contributed by atoms with Gasteiger partial charge >= 0.3 is 0 Å². The number of aromatic nitrogens is 4. The Labute approximate surface area is 190 Å². The van der Waals surface area contributed by atoms with Crippen LogP contribution in [0.1, 0.15) is 49.4 Å². The van der Waals surface area contributed by atoms with E-state index in [0.29, 0.717) is 17.4 Å². The molecule has 2 aromatic heterocycles. The Morgan fingerprint density at radius 3 is 2.66 bits per heavy atom. The van der Waals surface area contributed by atoms with Crippen molar-refractivity contribution in [3.63, 3.8) is 0 Å². The summed E-state index contributed by atoms with van der Waals surface area (Å²) < 4.78 is 7.44. The number of hydrogen-bond acceptors (Lipinski definition) is 6. The zero-order valence-corrected chi connectivity index (χ0v) is 18.8. The molecule has 1 amide bonds. The average molecular weight is 448 g/mol. The molecular weight excluding hydrogens is 422 g/mol. The summed E-state index contributed by atoms with van der Waals surface area (Å²) in [6.07, 6.45) is 6.51. The predicted octanol–water partition coefficient (Wildman–Crippen LogP) is 5.23. The molecule has 1 aliphatic rings. The van der Waals surface area contributed by atoms with Crippen molar-refractivity contribution in [1.29, 1.82) is 0 Å². The number of nitrogens with zero attached hydrogens (tertiary/aromatic N) is 4. The summed E-state index contributed by atoms with van der Waals surface area (Å²) in [4.78, 5) is 13.3. The van der Waals surface area contributed by atoms with E-state index in [1.807, 2.05) is 43.3 Å². The second-order valence-corrected chi connectivity index (χ2v) is 9.09. The lowest BCUT2D eigenvalue weighted by Gasteiger charge is -2.22. The maximum Gasteiger partial charge on any atom is 0.262 e. The summed E-state index contributed by atoms with van der Waals surface area (Å²) in [7, 11) is 0. The first-order chi connectivity index (χ1) is 15.7. The number of amides is 1. The maximum absolute atomic E-state index is 12.6. The molecule has 4 aromatic rings. The summed E-state index contributed by atoms with van der Waals surface area (Å²) >= 11 is 1.43. The molecule has 0 bridgehead atoms. The molecule has 0 saturated heterocycles. The van der Waals surface area contributed by atoms with E-state index < -0.39 is 0 Å². The van der Waals surface area contributed by atoms with Gasteiger partial charge in [-0.25, -0.2) is 0 Å². The van der Waals surface area contributed by atoms with Gasteiger partial charge in [-0.15, -0.1) is 10.2 Å². The molecule has 164 valence electrons. The minimum atomic E-state index is -0.215. The second-order valence-electron chi connectivity index (χ2n) is 8.14. The van der Waals surface area contributed by atoms with Crippen molar-refractivity contribution >= 4 is 27.9 Å². The summed E-state index contributed by atoms with van der Waals surface area (Å²) in [6, 6.07) is 15.8. The molecule has 5 rings (SSSR count). The predicted molar refractivity (Wildman–Crippen MR) is 125 cm³/mol. The van der Waals surface area contributed by atoms with Gasteiger partial charge in [0.05, 0.1) is 5.69 Å². The molecule has 2 heterocycles. The molecule has 0 radical (unpaired) electrons. The molecule has 8 heteroatoms. The quantitative estimate of drug-likeness (QED) is 0.438. The number of carbonyl (C=O) groups is 1. The third-order valence-electron chi connectivity index (χ3n) is 5.90. The number of benzene rings is 2. The zero-order chi connectivity index (χ0) is 21.9. The minimum Gasteiger partial charge on any atom is -0.484 e. The van der Waals surface area contributed by atoms with Crippen molar-refractivity contribution in [3.05, 3.63) is 59.9 Å². The standard InChI is InChI=1S/C24H25N5O2S/c1-16-26-27-24-29(16)28-23(32-24)20-9-5-6-10-21(20)25-22(30)15-31-19-13-11-18(12-14-19)17-7-3-2-4-8-17/h5-6,9-14,17H,2-4,7-8,15H2,1H3,(H,25,30). The van der Waals surface area contributed by atoms with Crippen LogP contribution in [0.4, 0.5) is 5.69 Å². The summed E-state index contributed by atoms with van der Waals surface area (Å²) in [5.74, 6) is 1.88.